The summed E-state index contributed by atoms with van der Waals surface area (Å²) in [5, 5.41) is 5.96. The van der Waals surface area contributed by atoms with Crippen LogP contribution < -0.4 is 10.6 Å². The quantitative estimate of drug-likeness (QED) is 0.608. The van der Waals surface area contributed by atoms with E-state index >= 15 is 0 Å². The van der Waals surface area contributed by atoms with Crippen LogP contribution in [0.1, 0.15) is 33.6 Å². The van der Waals surface area contributed by atoms with Gasteiger partial charge in [-0.3, -0.25) is 0 Å². The van der Waals surface area contributed by atoms with E-state index in [9.17, 15) is 4.79 Å². The molecule has 0 aromatic carbocycles. The average Bonchev–Trinajstić information content (AvgIpc) is 2.18. The summed E-state index contributed by atoms with van der Waals surface area (Å²) >= 11 is 0. The molecule has 1 atom stereocenters. The molecule has 1 unspecified atom stereocenters. The van der Waals surface area contributed by atoms with Crippen molar-refractivity contribution in [3.63, 3.8) is 0 Å². The third-order valence-electron chi connectivity index (χ3n) is 2.12. The van der Waals surface area contributed by atoms with Crippen LogP contribution in [0, 0.1) is 5.92 Å². The summed E-state index contributed by atoms with van der Waals surface area (Å²) < 4.78 is 4.73. The van der Waals surface area contributed by atoms with Crippen molar-refractivity contribution in [2.24, 2.45) is 5.92 Å². The predicted molar refractivity (Wildman–Crippen MR) is 62.0 cm³/mol. The molecule has 0 aliphatic rings. The standard InChI is InChI=1S/C11H24N2O2/c1-4-6-10(3)9-12-7-8-13-11(14)15-5-2/h10,12H,4-9H2,1-3H3,(H,13,14). The Morgan fingerprint density at radius 2 is 2.07 bits per heavy atom. The number of hydrogen-bond donors (Lipinski definition) is 2. The van der Waals surface area contributed by atoms with E-state index in [1.165, 1.54) is 12.8 Å². The Kier molecular flexibility index (Phi) is 9.27. The van der Waals surface area contributed by atoms with E-state index in [4.69, 9.17) is 4.74 Å². The van der Waals surface area contributed by atoms with Gasteiger partial charge < -0.3 is 15.4 Å². The first-order chi connectivity index (χ1) is 7.20. The van der Waals surface area contributed by atoms with Crippen LogP contribution in [-0.4, -0.2) is 32.3 Å². The SMILES string of the molecule is CCCC(C)CNCCNC(=O)OCC. The summed E-state index contributed by atoms with van der Waals surface area (Å²) in [6, 6.07) is 0. The molecule has 0 aromatic heterocycles. The summed E-state index contributed by atoms with van der Waals surface area (Å²) in [7, 11) is 0. The van der Waals surface area contributed by atoms with E-state index in [1.807, 2.05) is 0 Å². The highest BCUT2D eigenvalue weighted by molar-refractivity contribution is 5.66. The van der Waals surface area contributed by atoms with Crippen LogP contribution in [0.15, 0.2) is 0 Å². The lowest BCUT2D eigenvalue weighted by Gasteiger charge is -2.11. The molecule has 0 radical (unpaired) electrons. The third-order valence-corrected chi connectivity index (χ3v) is 2.12. The van der Waals surface area contributed by atoms with Crippen molar-refractivity contribution in [3.8, 4) is 0 Å². The highest BCUT2D eigenvalue weighted by Crippen LogP contribution is 2.01. The molecule has 0 saturated heterocycles. The van der Waals surface area contributed by atoms with Crippen LogP contribution >= 0.6 is 0 Å². The number of carbonyl (C=O) groups excluding carboxylic acids is 1. The van der Waals surface area contributed by atoms with Crippen molar-refractivity contribution in [1.82, 2.24) is 10.6 Å². The number of ether oxygens (including phenoxy) is 1. The highest BCUT2D eigenvalue weighted by Gasteiger charge is 2.00. The minimum absolute atomic E-state index is 0.332. The number of rotatable bonds is 8. The van der Waals surface area contributed by atoms with Crippen molar-refractivity contribution in [1.29, 1.82) is 0 Å². The van der Waals surface area contributed by atoms with E-state index < -0.39 is 0 Å². The molecular weight excluding hydrogens is 192 g/mol. The summed E-state index contributed by atoms with van der Waals surface area (Å²) in [4.78, 5) is 10.9. The van der Waals surface area contributed by atoms with Gasteiger partial charge in [0.2, 0.25) is 0 Å². The largest absolute Gasteiger partial charge is 0.450 e. The maximum atomic E-state index is 10.9. The van der Waals surface area contributed by atoms with Crippen LogP contribution in [0.3, 0.4) is 0 Å². The molecular formula is C11H24N2O2. The Morgan fingerprint density at radius 1 is 1.33 bits per heavy atom. The van der Waals surface area contributed by atoms with Gasteiger partial charge in [0.15, 0.2) is 0 Å². The van der Waals surface area contributed by atoms with E-state index in [2.05, 4.69) is 24.5 Å². The van der Waals surface area contributed by atoms with Gasteiger partial charge in [-0.25, -0.2) is 4.79 Å². The minimum atomic E-state index is -0.332. The smallest absolute Gasteiger partial charge is 0.407 e. The maximum absolute atomic E-state index is 10.9. The first kappa shape index (κ1) is 14.2. The van der Waals surface area contributed by atoms with E-state index in [0.717, 1.165) is 13.1 Å². The van der Waals surface area contributed by atoms with Crippen LogP contribution in [0.4, 0.5) is 4.79 Å². The Morgan fingerprint density at radius 3 is 2.67 bits per heavy atom. The third kappa shape index (κ3) is 9.53. The Bertz CT molecular complexity index is 163. The number of hydrogen-bond acceptors (Lipinski definition) is 3. The lowest BCUT2D eigenvalue weighted by Crippen LogP contribution is -2.33. The minimum Gasteiger partial charge on any atom is -0.450 e. The molecule has 0 fully saturated rings. The van der Waals surface area contributed by atoms with Gasteiger partial charge in [-0.05, 0) is 25.8 Å². The zero-order valence-electron chi connectivity index (χ0n) is 10.1. The second-order valence-corrected chi connectivity index (χ2v) is 3.75. The predicted octanol–water partition coefficient (Wildman–Crippen LogP) is 1.76. The Labute approximate surface area is 92.8 Å². The van der Waals surface area contributed by atoms with E-state index in [1.54, 1.807) is 6.92 Å². The zero-order chi connectivity index (χ0) is 11.5. The van der Waals surface area contributed by atoms with Gasteiger partial charge in [-0.1, -0.05) is 20.3 Å². The maximum Gasteiger partial charge on any atom is 0.407 e. The van der Waals surface area contributed by atoms with Crippen LogP contribution in [0.25, 0.3) is 0 Å². The fourth-order valence-electron chi connectivity index (χ4n) is 1.38. The molecule has 4 nitrogen and oxygen atoms in total. The molecule has 4 heteroatoms. The van der Waals surface area contributed by atoms with Crippen LogP contribution in [-0.2, 0) is 4.74 Å². The number of carbonyl (C=O) groups is 1. The molecule has 15 heavy (non-hydrogen) atoms. The summed E-state index contributed by atoms with van der Waals surface area (Å²) in [6.07, 6.45) is 2.14. The number of nitrogens with one attached hydrogen (secondary N) is 2. The topological polar surface area (TPSA) is 50.4 Å². The molecule has 0 rings (SSSR count). The molecule has 0 bridgehead atoms. The fraction of sp³-hybridized carbons (Fsp3) is 0.909. The molecule has 0 aromatic rings. The molecule has 90 valence electrons. The van der Waals surface area contributed by atoms with Crippen LogP contribution in [0.2, 0.25) is 0 Å². The highest BCUT2D eigenvalue weighted by atomic mass is 16.5. The molecule has 0 spiro atoms. The zero-order valence-corrected chi connectivity index (χ0v) is 10.1. The lowest BCUT2D eigenvalue weighted by molar-refractivity contribution is 0.152. The second-order valence-electron chi connectivity index (χ2n) is 3.75. The van der Waals surface area contributed by atoms with Gasteiger partial charge in [-0.15, -0.1) is 0 Å². The molecule has 2 N–H and O–H groups in total. The summed E-state index contributed by atoms with van der Waals surface area (Å²) in [6.45, 7) is 9.08. The van der Waals surface area contributed by atoms with Crippen molar-refractivity contribution in [3.05, 3.63) is 0 Å². The van der Waals surface area contributed by atoms with Gasteiger partial charge in [0.05, 0.1) is 6.61 Å². The van der Waals surface area contributed by atoms with Gasteiger partial charge in [-0.2, -0.15) is 0 Å². The molecule has 0 heterocycles. The van der Waals surface area contributed by atoms with E-state index in [-0.39, 0.29) is 6.09 Å². The number of amides is 1. The molecule has 1 amide bonds. The summed E-state index contributed by atoms with van der Waals surface area (Å²) in [5.41, 5.74) is 0. The molecule has 0 aliphatic heterocycles. The summed E-state index contributed by atoms with van der Waals surface area (Å²) in [5.74, 6) is 0.706. The normalized spacial score (nSPS) is 12.2. The van der Waals surface area contributed by atoms with Gasteiger partial charge in [0.25, 0.3) is 0 Å². The fourth-order valence-corrected chi connectivity index (χ4v) is 1.38. The van der Waals surface area contributed by atoms with Crippen molar-refractivity contribution in [2.45, 2.75) is 33.6 Å². The van der Waals surface area contributed by atoms with Gasteiger partial charge in [0.1, 0.15) is 0 Å². The van der Waals surface area contributed by atoms with Gasteiger partial charge in [0, 0.05) is 13.1 Å². The molecule has 0 saturated carbocycles. The number of alkyl carbamates (subject to hydrolysis) is 1. The Hall–Kier alpha value is -0.770. The lowest BCUT2D eigenvalue weighted by atomic mass is 10.1. The van der Waals surface area contributed by atoms with Crippen molar-refractivity contribution < 1.29 is 9.53 Å². The Balaban J connectivity index is 3.20. The average molecular weight is 216 g/mol. The second kappa shape index (κ2) is 9.77. The first-order valence-electron chi connectivity index (χ1n) is 5.82. The first-order valence-corrected chi connectivity index (χ1v) is 5.82. The van der Waals surface area contributed by atoms with Crippen molar-refractivity contribution in [2.75, 3.05) is 26.2 Å². The van der Waals surface area contributed by atoms with Gasteiger partial charge >= 0.3 is 6.09 Å². The molecule has 0 aliphatic carbocycles. The van der Waals surface area contributed by atoms with Crippen molar-refractivity contribution >= 4 is 6.09 Å². The van der Waals surface area contributed by atoms with E-state index in [0.29, 0.717) is 19.1 Å². The monoisotopic (exact) mass is 216 g/mol. The van der Waals surface area contributed by atoms with Crippen LogP contribution in [0.5, 0.6) is 0 Å².